The number of hydrogen-bond donors (Lipinski definition) is 0. The first-order chi connectivity index (χ1) is 13.0. The lowest BCUT2D eigenvalue weighted by Gasteiger charge is -2.32. The van der Waals surface area contributed by atoms with E-state index in [1.54, 1.807) is 0 Å². The molecule has 0 bridgehead atoms. The Bertz CT molecular complexity index is 969. The lowest BCUT2D eigenvalue weighted by atomic mass is 9.97. The molecule has 1 aromatic heterocycles. The molecule has 1 atom stereocenters. The average Bonchev–Trinajstić information content (AvgIpc) is 2.61. The van der Waals surface area contributed by atoms with Crippen LogP contribution in [0, 0.1) is 13.8 Å². The summed E-state index contributed by atoms with van der Waals surface area (Å²) < 4.78 is 6.30. The number of nitrogens with zero attached hydrogens (tertiary/aromatic N) is 3. The van der Waals surface area contributed by atoms with Crippen molar-refractivity contribution in [3.05, 3.63) is 76.1 Å². The maximum absolute atomic E-state index is 6.30. The summed E-state index contributed by atoms with van der Waals surface area (Å²) in [7, 11) is 2.10. The van der Waals surface area contributed by atoms with Crippen molar-refractivity contribution in [2.45, 2.75) is 26.5 Å². The fourth-order valence-electron chi connectivity index (χ4n) is 3.78. The van der Waals surface area contributed by atoms with Crippen LogP contribution >= 0.6 is 11.6 Å². The summed E-state index contributed by atoms with van der Waals surface area (Å²) in [6.45, 7) is 5.88. The Morgan fingerprint density at radius 2 is 1.78 bits per heavy atom. The molecule has 0 aliphatic carbocycles. The van der Waals surface area contributed by atoms with Gasteiger partial charge in [-0.05, 0) is 54.7 Å². The van der Waals surface area contributed by atoms with E-state index in [2.05, 4.69) is 72.2 Å². The van der Waals surface area contributed by atoms with Crippen LogP contribution in [-0.2, 0) is 6.54 Å². The van der Waals surface area contributed by atoms with Crippen LogP contribution < -0.4 is 4.74 Å². The first-order valence-electron chi connectivity index (χ1n) is 9.05. The van der Waals surface area contributed by atoms with Gasteiger partial charge in [0.1, 0.15) is 6.10 Å². The number of halogens is 1. The summed E-state index contributed by atoms with van der Waals surface area (Å²) >= 11 is 6.24. The topological polar surface area (TPSA) is 38.2 Å². The number of aromatic nitrogens is 2. The highest BCUT2D eigenvalue weighted by Crippen LogP contribution is 2.32. The summed E-state index contributed by atoms with van der Waals surface area (Å²) in [5.74, 6) is 0.503. The van der Waals surface area contributed by atoms with Crippen molar-refractivity contribution in [2.24, 2.45) is 0 Å². The molecule has 2 heterocycles. The van der Waals surface area contributed by atoms with Gasteiger partial charge in [0, 0.05) is 24.7 Å². The molecule has 0 N–H and O–H groups in total. The summed E-state index contributed by atoms with van der Waals surface area (Å²) in [6, 6.07) is 16.5. The van der Waals surface area contributed by atoms with Crippen molar-refractivity contribution >= 4 is 11.6 Å². The van der Waals surface area contributed by atoms with Gasteiger partial charge >= 0.3 is 0 Å². The molecule has 1 unspecified atom stereocenters. The molecule has 138 valence electrons. The van der Waals surface area contributed by atoms with Gasteiger partial charge in [0.25, 0.3) is 0 Å². The zero-order valence-corrected chi connectivity index (χ0v) is 16.5. The van der Waals surface area contributed by atoms with Crippen molar-refractivity contribution in [1.82, 2.24) is 14.9 Å². The molecular formula is C22H22ClN3O. The number of aryl methyl sites for hydroxylation is 2. The zero-order chi connectivity index (χ0) is 19.0. The second-order valence-corrected chi connectivity index (χ2v) is 7.47. The van der Waals surface area contributed by atoms with Crippen molar-refractivity contribution in [3.63, 3.8) is 0 Å². The molecule has 3 aromatic rings. The molecule has 5 heteroatoms. The summed E-state index contributed by atoms with van der Waals surface area (Å²) in [6.07, 6.45) is -0.0864. The van der Waals surface area contributed by atoms with Crippen LogP contribution in [-0.4, -0.2) is 28.5 Å². The van der Waals surface area contributed by atoms with E-state index in [-0.39, 0.29) is 11.4 Å². The van der Waals surface area contributed by atoms with Gasteiger partial charge in [-0.1, -0.05) is 42.5 Å². The highest BCUT2D eigenvalue weighted by Gasteiger charge is 2.25. The SMILES string of the molecule is Cc1cccc(C)c1-c1cc(OC2CN(C)Cc3ccccc32)nc(Cl)n1. The zero-order valence-electron chi connectivity index (χ0n) is 15.7. The molecule has 0 radical (unpaired) electrons. The van der Waals surface area contributed by atoms with E-state index in [1.807, 2.05) is 12.1 Å². The van der Waals surface area contributed by atoms with Crippen LogP contribution in [0.4, 0.5) is 0 Å². The van der Waals surface area contributed by atoms with Crippen LogP contribution in [0.2, 0.25) is 5.28 Å². The van der Waals surface area contributed by atoms with Crippen molar-refractivity contribution < 1.29 is 4.74 Å². The molecule has 2 aromatic carbocycles. The van der Waals surface area contributed by atoms with Gasteiger partial charge in [-0.25, -0.2) is 4.98 Å². The molecule has 0 fully saturated rings. The molecule has 1 aliphatic rings. The third-order valence-electron chi connectivity index (χ3n) is 5.00. The van der Waals surface area contributed by atoms with E-state index in [9.17, 15) is 0 Å². The van der Waals surface area contributed by atoms with Gasteiger partial charge in [-0.2, -0.15) is 4.98 Å². The number of hydrogen-bond acceptors (Lipinski definition) is 4. The van der Waals surface area contributed by atoms with Gasteiger partial charge in [-0.3, -0.25) is 4.90 Å². The largest absolute Gasteiger partial charge is 0.468 e. The number of rotatable bonds is 3. The predicted molar refractivity (Wildman–Crippen MR) is 108 cm³/mol. The number of ether oxygens (including phenoxy) is 1. The average molecular weight is 380 g/mol. The van der Waals surface area contributed by atoms with E-state index in [4.69, 9.17) is 16.3 Å². The van der Waals surface area contributed by atoms with E-state index >= 15 is 0 Å². The van der Waals surface area contributed by atoms with Crippen LogP contribution in [0.3, 0.4) is 0 Å². The van der Waals surface area contributed by atoms with E-state index in [0.29, 0.717) is 5.88 Å². The summed E-state index contributed by atoms with van der Waals surface area (Å²) in [5.41, 5.74) is 6.66. The third-order valence-corrected chi connectivity index (χ3v) is 5.16. The lowest BCUT2D eigenvalue weighted by molar-refractivity contribution is 0.124. The second-order valence-electron chi connectivity index (χ2n) is 7.13. The minimum atomic E-state index is -0.0864. The van der Waals surface area contributed by atoms with E-state index in [0.717, 1.165) is 35.5 Å². The van der Waals surface area contributed by atoms with Gasteiger partial charge in [0.05, 0.1) is 5.69 Å². The van der Waals surface area contributed by atoms with Gasteiger partial charge < -0.3 is 4.74 Å². The van der Waals surface area contributed by atoms with E-state index < -0.39 is 0 Å². The minimum Gasteiger partial charge on any atom is -0.468 e. The van der Waals surface area contributed by atoms with Gasteiger partial charge in [-0.15, -0.1) is 0 Å². The standard InChI is InChI=1S/C22H22ClN3O/c1-14-7-6-8-15(2)21(14)18-11-20(25-22(23)24-18)27-19-13-26(3)12-16-9-4-5-10-17(16)19/h4-11,19H,12-13H2,1-3H3. The smallest absolute Gasteiger partial charge is 0.226 e. The van der Waals surface area contributed by atoms with Gasteiger partial charge in [0.15, 0.2) is 0 Å². The Balaban J connectivity index is 1.71. The van der Waals surface area contributed by atoms with Crippen molar-refractivity contribution in [3.8, 4) is 17.1 Å². The number of benzene rings is 2. The molecule has 27 heavy (non-hydrogen) atoms. The van der Waals surface area contributed by atoms with Crippen LogP contribution in [0.1, 0.15) is 28.4 Å². The molecule has 0 amide bonds. The maximum Gasteiger partial charge on any atom is 0.226 e. The summed E-state index contributed by atoms with van der Waals surface area (Å²) in [5, 5.41) is 0.197. The third kappa shape index (κ3) is 3.68. The Morgan fingerprint density at radius 3 is 2.56 bits per heavy atom. The number of fused-ring (bicyclic) bond motifs is 1. The highest BCUT2D eigenvalue weighted by molar-refractivity contribution is 6.28. The predicted octanol–water partition coefficient (Wildman–Crippen LogP) is 4.98. The molecule has 0 saturated carbocycles. The Hall–Kier alpha value is -2.43. The molecule has 0 saturated heterocycles. The van der Waals surface area contributed by atoms with Crippen molar-refractivity contribution in [1.29, 1.82) is 0 Å². The fraction of sp³-hybridized carbons (Fsp3) is 0.273. The van der Waals surface area contributed by atoms with Crippen LogP contribution in [0.5, 0.6) is 5.88 Å². The second kappa shape index (κ2) is 7.29. The Labute approximate surface area is 164 Å². The van der Waals surface area contributed by atoms with Crippen LogP contribution in [0.15, 0.2) is 48.5 Å². The first-order valence-corrected chi connectivity index (χ1v) is 9.43. The summed E-state index contributed by atoms with van der Waals surface area (Å²) in [4.78, 5) is 11.0. The lowest BCUT2D eigenvalue weighted by Crippen LogP contribution is -2.33. The normalized spacial score (nSPS) is 16.8. The Morgan fingerprint density at radius 1 is 1.04 bits per heavy atom. The minimum absolute atomic E-state index is 0.0864. The molecular weight excluding hydrogens is 358 g/mol. The first kappa shape index (κ1) is 18.0. The quantitative estimate of drug-likeness (QED) is 0.601. The monoisotopic (exact) mass is 379 g/mol. The fourth-order valence-corrected chi connectivity index (χ4v) is 3.95. The van der Waals surface area contributed by atoms with Gasteiger partial charge in [0.2, 0.25) is 11.2 Å². The maximum atomic E-state index is 6.30. The van der Waals surface area contributed by atoms with Crippen molar-refractivity contribution in [2.75, 3.05) is 13.6 Å². The highest BCUT2D eigenvalue weighted by atomic mass is 35.5. The van der Waals surface area contributed by atoms with Crippen LogP contribution in [0.25, 0.3) is 11.3 Å². The molecule has 4 rings (SSSR count). The van der Waals surface area contributed by atoms with E-state index in [1.165, 1.54) is 11.1 Å². The molecule has 4 nitrogen and oxygen atoms in total. The molecule has 1 aliphatic heterocycles. The molecule has 0 spiro atoms. The Kier molecular flexibility index (Phi) is 4.85. The number of likely N-dealkylation sites (N-methyl/N-ethyl adjacent to an activating group) is 1.